The van der Waals surface area contributed by atoms with Crippen LogP contribution >= 0.6 is 0 Å². The van der Waals surface area contributed by atoms with Crippen molar-refractivity contribution in [2.24, 2.45) is 0 Å². The number of benzene rings is 1. The van der Waals surface area contributed by atoms with E-state index in [0.29, 0.717) is 12.1 Å². The number of nitrogens with zero attached hydrogens (tertiary/aromatic N) is 1. The smallest absolute Gasteiger partial charge is 0.406 e. The topological polar surface area (TPSA) is 141 Å². The van der Waals surface area contributed by atoms with E-state index in [1.54, 1.807) is 13.8 Å². The molecule has 37 heavy (non-hydrogen) atoms. The Kier molecular flexibility index (Phi) is 7.32. The van der Waals surface area contributed by atoms with E-state index in [-0.39, 0.29) is 28.5 Å². The Bertz CT molecular complexity index is 1330. The number of ether oxygens (including phenoxy) is 1. The fourth-order valence-electron chi connectivity index (χ4n) is 3.68. The van der Waals surface area contributed by atoms with Crippen LogP contribution in [-0.4, -0.2) is 65.2 Å². The van der Waals surface area contributed by atoms with Gasteiger partial charge in [0.1, 0.15) is 17.3 Å². The van der Waals surface area contributed by atoms with Crippen LogP contribution < -0.4 is 15.4 Å². The molecule has 2 aromatic rings. The standard InChI is InChI=1S/C23H26F4N4O5S/c1-12(21(2,3)33)30-17-7-13(20(32)31-22(4)10-37(34,35)11-22)9-29-19(17)18(28)15-8-14(5-6-16(15)24)36-23(25,26)27/h5-9,12,28,30,33H,10-11H2,1-4H3,(H,31,32). The molecular formula is C23H26F4N4O5S. The summed E-state index contributed by atoms with van der Waals surface area (Å²) in [6, 6.07) is 2.77. The van der Waals surface area contributed by atoms with Crippen LogP contribution in [0, 0.1) is 11.2 Å². The lowest BCUT2D eigenvalue weighted by atomic mass is 9.98. The summed E-state index contributed by atoms with van der Waals surface area (Å²) in [5.74, 6) is -2.89. The van der Waals surface area contributed by atoms with Crippen molar-refractivity contribution in [2.75, 3.05) is 16.8 Å². The summed E-state index contributed by atoms with van der Waals surface area (Å²) < 4.78 is 79.4. The van der Waals surface area contributed by atoms with E-state index in [9.17, 15) is 35.9 Å². The minimum atomic E-state index is -5.03. The number of hydrogen-bond donors (Lipinski definition) is 4. The van der Waals surface area contributed by atoms with Gasteiger partial charge in [-0.1, -0.05) is 0 Å². The van der Waals surface area contributed by atoms with E-state index in [0.717, 1.165) is 12.3 Å². The zero-order chi connectivity index (χ0) is 28.0. The van der Waals surface area contributed by atoms with Crippen LogP contribution in [0.5, 0.6) is 5.75 Å². The number of aromatic nitrogens is 1. The van der Waals surface area contributed by atoms with Crippen LogP contribution in [-0.2, 0) is 9.84 Å². The molecule has 1 aromatic carbocycles. The van der Waals surface area contributed by atoms with Crippen molar-refractivity contribution in [1.29, 1.82) is 5.41 Å². The van der Waals surface area contributed by atoms with Gasteiger partial charge in [0.05, 0.1) is 45.7 Å². The van der Waals surface area contributed by atoms with Gasteiger partial charge in [-0.2, -0.15) is 0 Å². The number of halogens is 4. The maximum absolute atomic E-state index is 14.5. The van der Waals surface area contributed by atoms with Crippen LogP contribution in [0.2, 0.25) is 0 Å². The summed E-state index contributed by atoms with van der Waals surface area (Å²) in [4.78, 5) is 16.9. The predicted octanol–water partition coefficient (Wildman–Crippen LogP) is 3.02. The van der Waals surface area contributed by atoms with Crippen LogP contribution in [0.25, 0.3) is 0 Å². The third-order valence-electron chi connectivity index (χ3n) is 5.75. The van der Waals surface area contributed by atoms with Crippen LogP contribution in [0.4, 0.5) is 23.2 Å². The summed E-state index contributed by atoms with van der Waals surface area (Å²) in [6.45, 7) is 6.15. The molecule has 1 unspecified atom stereocenters. The average molecular weight is 547 g/mol. The fourth-order valence-corrected chi connectivity index (χ4v) is 5.68. The molecule has 0 bridgehead atoms. The van der Waals surface area contributed by atoms with E-state index in [1.165, 1.54) is 19.9 Å². The molecular weight excluding hydrogens is 520 g/mol. The van der Waals surface area contributed by atoms with Gasteiger partial charge >= 0.3 is 6.36 Å². The Balaban J connectivity index is 2.00. The molecule has 3 rings (SSSR count). The number of sulfone groups is 1. The maximum Gasteiger partial charge on any atom is 0.573 e. The molecule has 4 N–H and O–H groups in total. The highest BCUT2D eigenvalue weighted by Crippen LogP contribution is 2.29. The molecule has 2 heterocycles. The molecule has 14 heteroatoms. The van der Waals surface area contributed by atoms with Crippen LogP contribution in [0.3, 0.4) is 0 Å². The number of anilines is 1. The number of nitrogens with one attached hydrogen (secondary N) is 3. The molecule has 1 aromatic heterocycles. The molecule has 0 radical (unpaired) electrons. The highest BCUT2D eigenvalue weighted by atomic mass is 32.2. The lowest BCUT2D eigenvalue weighted by molar-refractivity contribution is -0.274. The van der Waals surface area contributed by atoms with Gasteiger partial charge in [-0.15, -0.1) is 13.2 Å². The molecule has 202 valence electrons. The SMILES string of the molecule is CC(Nc1cc(C(=O)NC2(C)CS(=O)(=O)C2)cnc1C(=N)c1cc(OC(F)(F)F)ccc1F)C(C)(C)O. The molecule has 9 nitrogen and oxygen atoms in total. The molecule has 1 atom stereocenters. The van der Waals surface area contributed by atoms with Gasteiger partial charge in [0, 0.05) is 11.8 Å². The molecule has 0 saturated carbocycles. The van der Waals surface area contributed by atoms with E-state index < -0.39 is 62.1 Å². The first kappa shape index (κ1) is 28.3. The molecule has 1 amide bonds. The second kappa shape index (κ2) is 9.56. The Morgan fingerprint density at radius 3 is 2.41 bits per heavy atom. The first-order valence-electron chi connectivity index (χ1n) is 11.0. The maximum atomic E-state index is 14.5. The number of carbonyl (C=O) groups excluding carboxylic acids is 1. The first-order chi connectivity index (χ1) is 16.8. The number of carbonyl (C=O) groups is 1. The Hall–Kier alpha value is -3.26. The average Bonchev–Trinajstić information content (AvgIpc) is 2.71. The highest BCUT2D eigenvalue weighted by molar-refractivity contribution is 7.93. The second-order valence-electron chi connectivity index (χ2n) is 9.75. The van der Waals surface area contributed by atoms with E-state index >= 15 is 0 Å². The lowest BCUT2D eigenvalue weighted by Crippen LogP contribution is -2.63. The largest absolute Gasteiger partial charge is 0.573 e. The van der Waals surface area contributed by atoms with Crippen molar-refractivity contribution in [3.05, 3.63) is 53.1 Å². The number of hydrogen-bond acceptors (Lipinski definition) is 8. The monoisotopic (exact) mass is 546 g/mol. The highest BCUT2D eigenvalue weighted by Gasteiger charge is 2.46. The van der Waals surface area contributed by atoms with Crippen molar-refractivity contribution in [2.45, 2.75) is 51.2 Å². The van der Waals surface area contributed by atoms with Gasteiger partial charge < -0.3 is 20.5 Å². The van der Waals surface area contributed by atoms with Crippen LogP contribution in [0.15, 0.2) is 30.5 Å². The molecule has 1 aliphatic heterocycles. The van der Waals surface area contributed by atoms with Crippen molar-refractivity contribution in [3.63, 3.8) is 0 Å². The fraction of sp³-hybridized carbons (Fsp3) is 0.435. The van der Waals surface area contributed by atoms with Crippen molar-refractivity contribution in [3.8, 4) is 5.75 Å². The van der Waals surface area contributed by atoms with Gasteiger partial charge in [-0.3, -0.25) is 15.2 Å². The summed E-state index contributed by atoms with van der Waals surface area (Å²) in [5, 5.41) is 24.4. The van der Waals surface area contributed by atoms with E-state index in [4.69, 9.17) is 5.41 Å². The van der Waals surface area contributed by atoms with E-state index in [1.807, 2.05) is 0 Å². The number of amides is 1. The molecule has 1 saturated heterocycles. The zero-order valence-electron chi connectivity index (χ0n) is 20.3. The van der Waals surface area contributed by atoms with Gasteiger partial charge in [-0.05, 0) is 52.0 Å². The Labute approximate surface area is 210 Å². The summed E-state index contributed by atoms with van der Waals surface area (Å²) in [6.07, 6.45) is -3.96. The van der Waals surface area contributed by atoms with Crippen molar-refractivity contribution >= 4 is 27.1 Å². The molecule has 0 aliphatic carbocycles. The lowest BCUT2D eigenvalue weighted by Gasteiger charge is -2.38. The van der Waals surface area contributed by atoms with Crippen molar-refractivity contribution in [1.82, 2.24) is 10.3 Å². The Morgan fingerprint density at radius 2 is 1.86 bits per heavy atom. The number of pyridine rings is 1. The molecule has 1 fully saturated rings. The zero-order valence-corrected chi connectivity index (χ0v) is 21.1. The normalized spacial score (nSPS) is 17.3. The Morgan fingerprint density at radius 1 is 1.24 bits per heavy atom. The first-order valence-corrected chi connectivity index (χ1v) is 12.8. The summed E-state index contributed by atoms with van der Waals surface area (Å²) in [5.41, 5.74) is -3.65. The third-order valence-corrected chi connectivity index (χ3v) is 7.91. The second-order valence-corrected chi connectivity index (χ2v) is 11.8. The summed E-state index contributed by atoms with van der Waals surface area (Å²) >= 11 is 0. The molecule has 1 aliphatic rings. The minimum absolute atomic E-state index is 0.0141. The number of aliphatic hydroxyl groups is 1. The summed E-state index contributed by atoms with van der Waals surface area (Å²) in [7, 11) is -3.24. The quantitative estimate of drug-likeness (QED) is 0.295. The number of rotatable bonds is 8. The van der Waals surface area contributed by atoms with Gasteiger partial charge in [0.15, 0.2) is 9.84 Å². The predicted molar refractivity (Wildman–Crippen MR) is 127 cm³/mol. The van der Waals surface area contributed by atoms with E-state index in [2.05, 4.69) is 20.4 Å². The molecule has 0 spiro atoms. The van der Waals surface area contributed by atoms with Gasteiger partial charge in [0.25, 0.3) is 5.91 Å². The van der Waals surface area contributed by atoms with Gasteiger partial charge in [0.2, 0.25) is 0 Å². The number of alkyl halides is 3. The van der Waals surface area contributed by atoms with Crippen LogP contribution in [0.1, 0.15) is 49.3 Å². The third kappa shape index (κ3) is 6.95. The minimum Gasteiger partial charge on any atom is -0.406 e. The van der Waals surface area contributed by atoms with Gasteiger partial charge in [-0.25, -0.2) is 12.8 Å². The van der Waals surface area contributed by atoms with Crippen molar-refractivity contribution < 1.29 is 40.6 Å².